The van der Waals surface area contributed by atoms with Crippen molar-refractivity contribution in [1.82, 2.24) is 5.01 Å². The number of hydrazine groups is 1. The zero-order valence-corrected chi connectivity index (χ0v) is 8.32. The van der Waals surface area contributed by atoms with Crippen LogP contribution in [0.3, 0.4) is 0 Å². The van der Waals surface area contributed by atoms with Gasteiger partial charge >= 0.3 is 5.97 Å². The molecule has 4 heteroatoms. The number of nitrogens with two attached hydrogens (primary N) is 1. The van der Waals surface area contributed by atoms with Gasteiger partial charge in [0.1, 0.15) is 0 Å². The van der Waals surface area contributed by atoms with Crippen LogP contribution in [0.25, 0.3) is 0 Å². The highest BCUT2D eigenvalue weighted by molar-refractivity contribution is 5.72. The molecule has 0 radical (unpaired) electrons. The molecular formula is C9H18N2O2. The molecule has 1 fully saturated rings. The molecule has 1 heterocycles. The van der Waals surface area contributed by atoms with Crippen molar-refractivity contribution < 1.29 is 9.53 Å². The third-order valence-electron chi connectivity index (χ3n) is 2.31. The molecule has 0 aromatic rings. The van der Waals surface area contributed by atoms with Gasteiger partial charge in [-0.3, -0.25) is 10.6 Å². The highest BCUT2D eigenvalue weighted by Gasteiger charge is 2.29. The second-order valence-electron chi connectivity index (χ2n) is 3.74. The summed E-state index contributed by atoms with van der Waals surface area (Å²) in [5, 5.41) is 1.70. The van der Waals surface area contributed by atoms with E-state index in [1.807, 2.05) is 6.92 Å². The molecule has 0 amide bonds. The smallest absolute Gasteiger partial charge is 0.310 e. The monoisotopic (exact) mass is 186 g/mol. The molecule has 0 saturated carbocycles. The summed E-state index contributed by atoms with van der Waals surface area (Å²) in [5.41, 5.74) is 0. The maximum atomic E-state index is 11.4. The lowest BCUT2D eigenvalue weighted by atomic mass is 9.91. The highest BCUT2D eigenvalue weighted by atomic mass is 16.5. The molecule has 0 aliphatic carbocycles. The van der Waals surface area contributed by atoms with Gasteiger partial charge in [0, 0.05) is 13.1 Å². The van der Waals surface area contributed by atoms with Gasteiger partial charge in [-0.15, -0.1) is 0 Å². The number of carbonyl (C=O) groups excluding carboxylic acids is 1. The average Bonchev–Trinajstić information content (AvgIpc) is 2.03. The normalized spacial score (nSPS) is 30.1. The van der Waals surface area contributed by atoms with Crippen LogP contribution in [0.2, 0.25) is 0 Å². The Morgan fingerprint density at radius 2 is 2.31 bits per heavy atom. The highest BCUT2D eigenvalue weighted by Crippen LogP contribution is 2.20. The Labute approximate surface area is 79.0 Å². The number of nitrogens with zero attached hydrogens (tertiary/aromatic N) is 1. The molecule has 13 heavy (non-hydrogen) atoms. The summed E-state index contributed by atoms with van der Waals surface area (Å²) < 4.78 is 4.96. The van der Waals surface area contributed by atoms with E-state index in [2.05, 4.69) is 6.92 Å². The Balaban J connectivity index is 2.45. The van der Waals surface area contributed by atoms with Crippen LogP contribution >= 0.6 is 0 Å². The summed E-state index contributed by atoms with van der Waals surface area (Å²) in [6, 6.07) is 0. The number of piperidine rings is 1. The molecule has 1 aliphatic rings. The third-order valence-corrected chi connectivity index (χ3v) is 2.31. The van der Waals surface area contributed by atoms with Crippen LogP contribution in [0.4, 0.5) is 0 Å². The summed E-state index contributed by atoms with van der Waals surface area (Å²) in [5.74, 6) is 6.01. The van der Waals surface area contributed by atoms with Gasteiger partial charge in [0.15, 0.2) is 0 Å². The Kier molecular flexibility index (Phi) is 3.69. The molecule has 0 aromatic heterocycles. The minimum absolute atomic E-state index is 0.0336. The van der Waals surface area contributed by atoms with Gasteiger partial charge in [0.25, 0.3) is 0 Å². The molecule has 0 aromatic carbocycles. The molecule has 2 N–H and O–H groups in total. The topological polar surface area (TPSA) is 55.6 Å². The number of hydrogen-bond donors (Lipinski definition) is 1. The average molecular weight is 186 g/mol. The van der Waals surface area contributed by atoms with E-state index in [1.54, 1.807) is 5.01 Å². The number of carbonyl (C=O) groups is 1. The lowest BCUT2D eigenvalue weighted by Crippen LogP contribution is -2.46. The first-order valence-electron chi connectivity index (χ1n) is 4.79. The molecule has 4 nitrogen and oxygen atoms in total. The molecule has 1 rings (SSSR count). The van der Waals surface area contributed by atoms with E-state index in [0.29, 0.717) is 19.1 Å². The number of ether oxygens (including phenoxy) is 1. The lowest BCUT2D eigenvalue weighted by molar-refractivity contribution is -0.150. The van der Waals surface area contributed by atoms with E-state index in [1.165, 1.54) is 0 Å². The Morgan fingerprint density at radius 1 is 1.62 bits per heavy atom. The largest absolute Gasteiger partial charge is 0.466 e. The maximum Gasteiger partial charge on any atom is 0.310 e. The van der Waals surface area contributed by atoms with E-state index in [9.17, 15) is 4.79 Å². The first-order chi connectivity index (χ1) is 6.13. The summed E-state index contributed by atoms with van der Waals surface area (Å²) >= 11 is 0. The zero-order chi connectivity index (χ0) is 9.84. The minimum atomic E-state index is -0.107. The molecule has 0 unspecified atom stereocenters. The molecule has 2 atom stereocenters. The first-order valence-corrected chi connectivity index (χ1v) is 4.79. The van der Waals surface area contributed by atoms with Crippen molar-refractivity contribution >= 4 is 5.97 Å². The summed E-state index contributed by atoms with van der Waals surface area (Å²) in [6.07, 6.45) is 0.895. The third kappa shape index (κ3) is 2.97. The fraction of sp³-hybridized carbons (Fsp3) is 0.889. The van der Waals surface area contributed by atoms with Crippen molar-refractivity contribution in [3.05, 3.63) is 0 Å². The van der Waals surface area contributed by atoms with Crippen molar-refractivity contribution in [2.24, 2.45) is 17.7 Å². The first kappa shape index (κ1) is 10.5. The number of esters is 1. The quantitative estimate of drug-likeness (QED) is 0.500. The Morgan fingerprint density at radius 3 is 2.85 bits per heavy atom. The van der Waals surface area contributed by atoms with Crippen molar-refractivity contribution in [1.29, 1.82) is 0 Å². The predicted molar refractivity (Wildman–Crippen MR) is 49.7 cm³/mol. The lowest BCUT2D eigenvalue weighted by Gasteiger charge is -2.31. The fourth-order valence-electron chi connectivity index (χ4n) is 1.82. The van der Waals surface area contributed by atoms with Gasteiger partial charge in [0.05, 0.1) is 12.5 Å². The number of rotatable bonds is 2. The van der Waals surface area contributed by atoms with Crippen LogP contribution in [0, 0.1) is 11.8 Å². The zero-order valence-electron chi connectivity index (χ0n) is 8.32. The predicted octanol–water partition coefficient (Wildman–Crippen LogP) is 0.381. The minimum Gasteiger partial charge on any atom is -0.466 e. The van der Waals surface area contributed by atoms with E-state index < -0.39 is 0 Å². The van der Waals surface area contributed by atoms with Crippen LogP contribution in [-0.4, -0.2) is 30.7 Å². The molecule has 1 aliphatic heterocycles. The summed E-state index contributed by atoms with van der Waals surface area (Å²) in [4.78, 5) is 11.4. The molecule has 1 saturated heterocycles. The van der Waals surface area contributed by atoms with Crippen LogP contribution in [0.15, 0.2) is 0 Å². The van der Waals surface area contributed by atoms with Crippen molar-refractivity contribution in [2.45, 2.75) is 20.3 Å². The summed E-state index contributed by atoms with van der Waals surface area (Å²) in [6.45, 7) is 5.88. The molecule has 0 bridgehead atoms. The van der Waals surface area contributed by atoms with Gasteiger partial charge in [-0.05, 0) is 19.3 Å². The van der Waals surface area contributed by atoms with Gasteiger partial charge in [-0.1, -0.05) is 6.92 Å². The van der Waals surface area contributed by atoms with Crippen LogP contribution in [0.1, 0.15) is 20.3 Å². The van der Waals surface area contributed by atoms with E-state index in [4.69, 9.17) is 10.6 Å². The van der Waals surface area contributed by atoms with Gasteiger partial charge < -0.3 is 4.74 Å². The van der Waals surface area contributed by atoms with Crippen molar-refractivity contribution in [3.63, 3.8) is 0 Å². The van der Waals surface area contributed by atoms with Crippen molar-refractivity contribution in [2.75, 3.05) is 19.7 Å². The van der Waals surface area contributed by atoms with Gasteiger partial charge in [-0.25, -0.2) is 5.01 Å². The molecule has 0 spiro atoms. The number of hydrogen-bond acceptors (Lipinski definition) is 4. The van der Waals surface area contributed by atoms with Crippen LogP contribution in [0.5, 0.6) is 0 Å². The van der Waals surface area contributed by atoms with E-state index in [-0.39, 0.29) is 11.9 Å². The molecule has 76 valence electrons. The van der Waals surface area contributed by atoms with Crippen molar-refractivity contribution in [3.8, 4) is 0 Å². The standard InChI is InChI=1S/C9H18N2O2/c1-3-13-9(12)8-4-7(2)5-11(10)6-8/h7-8H,3-6,10H2,1-2H3/t7-,8+/m1/s1. The fourth-order valence-corrected chi connectivity index (χ4v) is 1.82. The second-order valence-corrected chi connectivity index (χ2v) is 3.74. The second kappa shape index (κ2) is 4.58. The summed E-state index contributed by atoms with van der Waals surface area (Å²) in [7, 11) is 0. The van der Waals surface area contributed by atoms with Crippen LogP contribution < -0.4 is 5.84 Å². The van der Waals surface area contributed by atoms with Crippen LogP contribution in [-0.2, 0) is 9.53 Å². The van der Waals surface area contributed by atoms with E-state index >= 15 is 0 Å². The van der Waals surface area contributed by atoms with Gasteiger partial charge in [0.2, 0.25) is 0 Å². The Bertz CT molecular complexity index is 174. The van der Waals surface area contributed by atoms with E-state index in [0.717, 1.165) is 13.0 Å². The molecular weight excluding hydrogens is 168 g/mol. The SMILES string of the molecule is CCOC(=O)[C@H]1C[C@@H](C)CN(N)C1. The van der Waals surface area contributed by atoms with Gasteiger partial charge in [-0.2, -0.15) is 0 Å². The maximum absolute atomic E-state index is 11.4. The Hall–Kier alpha value is -0.610.